The number of carbonyl (C=O) groups excluding carboxylic acids is 1. The van der Waals surface area contributed by atoms with Crippen LogP contribution in [0.3, 0.4) is 0 Å². The number of carbonyl (C=O) groups is 1. The molecule has 0 N–H and O–H groups in total. The normalized spacial score (nSPS) is 31.0. The quantitative estimate of drug-likeness (QED) is 0.563. The molecule has 1 saturated carbocycles. The fourth-order valence-corrected chi connectivity index (χ4v) is 2.83. The molecule has 0 amide bonds. The zero-order valence-electron chi connectivity index (χ0n) is 9.48. The predicted octanol–water partition coefficient (Wildman–Crippen LogP) is 3.79. The van der Waals surface area contributed by atoms with Gasteiger partial charge in [-0.3, -0.25) is 4.79 Å². The summed E-state index contributed by atoms with van der Waals surface area (Å²) >= 11 is 6.25. The van der Waals surface area contributed by atoms with Gasteiger partial charge in [-0.1, -0.05) is 33.6 Å². The lowest BCUT2D eigenvalue weighted by Gasteiger charge is -2.34. The van der Waals surface area contributed by atoms with E-state index in [-0.39, 0.29) is 16.6 Å². The lowest BCUT2D eigenvalue weighted by Crippen LogP contribution is -2.35. The van der Waals surface area contributed by atoms with Gasteiger partial charge in [-0.15, -0.1) is 11.6 Å². The second-order valence-electron chi connectivity index (χ2n) is 5.44. The van der Waals surface area contributed by atoms with Gasteiger partial charge in [0, 0.05) is 6.42 Å². The molecule has 2 heteroatoms. The van der Waals surface area contributed by atoms with Crippen molar-refractivity contribution in [3.05, 3.63) is 0 Å². The highest BCUT2D eigenvalue weighted by molar-refractivity contribution is 6.31. The van der Waals surface area contributed by atoms with Crippen LogP contribution in [-0.2, 0) is 4.79 Å². The number of halogens is 1. The minimum Gasteiger partial charge on any atom is -0.298 e. The number of rotatable bonds is 0. The minimum absolute atomic E-state index is 0.152. The summed E-state index contributed by atoms with van der Waals surface area (Å²) in [7, 11) is 0. The molecule has 2 unspecified atom stereocenters. The van der Waals surface area contributed by atoms with Gasteiger partial charge < -0.3 is 0 Å². The van der Waals surface area contributed by atoms with Crippen LogP contribution in [0.5, 0.6) is 0 Å². The molecule has 0 bridgehead atoms. The second kappa shape index (κ2) is 4.65. The number of hydrogen-bond donors (Lipinski definition) is 0. The fraction of sp³-hybridized carbons (Fsp3) is 0.917. The Morgan fingerprint density at radius 2 is 1.86 bits per heavy atom. The van der Waals surface area contributed by atoms with Crippen molar-refractivity contribution < 1.29 is 4.79 Å². The average molecular weight is 217 g/mol. The smallest absolute Gasteiger partial charge is 0.150 e. The summed E-state index contributed by atoms with van der Waals surface area (Å²) in [6.45, 7) is 6.55. The molecule has 0 aromatic heterocycles. The maximum Gasteiger partial charge on any atom is 0.150 e. The monoisotopic (exact) mass is 216 g/mol. The summed E-state index contributed by atoms with van der Waals surface area (Å²) in [5.41, 5.74) is 0.152. The first kappa shape index (κ1) is 12.0. The Balaban J connectivity index is 2.74. The van der Waals surface area contributed by atoms with Crippen LogP contribution in [0.15, 0.2) is 0 Å². The van der Waals surface area contributed by atoms with Crippen molar-refractivity contribution >= 4 is 17.4 Å². The van der Waals surface area contributed by atoms with Crippen LogP contribution in [0.1, 0.15) is 52.9 Å². The third kappa shape index (κ3) is 2.98. The second-order valence-corrected chi connectivity index (χ2v) is 5.91. The van der Waals surface area contributed by atoms with Crippen molar-refractivity contribution in [3.63, 3.8) is 0 Å². The number of alkyl halides is 1. The molecule has 0 saturated heterocycles. The summed E-state index contributed by atoms with van der Waals surface area (Å²) in [4.78, 5) is 11.7. The van der Waals surface area contributed by atoms with Crippen molar-refractivity contribution in [1.82, 2.24) is 0 Å². The highest BCUT2D eigenvalue weighted by Gasteiger charge is 2.35. The molecule has 82 valence electrons. The van der Waals surface area contributed by atoms with E-state index in [2.05, 4.69) is 20.8 Å². The maximum atomic E-state index is 11.7. The van der Waals surface area contributed by atoms with E-state index < -0.39 is 0 Å². The van der Waals surface area contributed by atoms with E-state index in [9.17, 15) is 4.79 Å². The first-order chi connectivity index (χ1) is 6.43. The zero-order valence-corrected chi connectivity index (χ0v) is 10.2. The van der Waals surface area contributed by atoms with E-state index in [0.29, 0.717) is 12.3 Å². The third-order valence-electron chi connectivity index (χ3n) is 3.21. The highest BCUT2D eigenvalue weighted by atomic mass is 35.5. The fourth-order valence-electron chi connectivity index (χ4n) is 2.22. The lowest BCUT2D eigenvalue weighted by molar-refractivity contribution is -0.121. The summed E-state index contributed by atoms with van der Waals surface area (Å²) < 4.78 is 0. The largest absolute Gasteiger partial charge is 0.298 e. The van der Waals surface area contributed by atoms with Gasteiger partial charge in [-0.05, 0) is 24.2 Å². The zero-order chi connectivity index (χ0) is 10.8. The van der Waals surface area contributed by atoms with Gasteiger partial charge in [0.1, 0.15) is 0 Å². The molecule has 1 aliphatic rings. The third-order valence-corrected chi connectivity index (χ3v) is 3.76. The van der Waals surface area contributed by atoms with Gasteiger partial charge >= 0.3 is 0 Å². The van der Waals surface area contributed by atoms with Crippen LogP contribution in [0.25, 0.3) is 0 Å². The molecule has 1 rings (SSSR count). The van der Waals surface area contributed by atoms with Gasteiger partial charge in [-0.2, -0.15) is 0 Å². The Morgan fingerprint density at radius 3 is 2.43 bits per heavy atom. The van der Waals surface area contributed by atoms with Crippen LogP contribution in [-0.4, -0.2) is 11.2 Å². The number of ketones is 1. The highest BCUT2D eigenvalue weighted by Crippen LogP contribution is 2.37. The van der Waals surface area contributed by atoms with E-state index in [1.807, 2.05) is 0 Å². The van der Waals surface area contributed by atoms with E-state index in [1.165, 1.54) is 12.8 Å². The Hall–Kier alpha value is -0.0400. The summed E-state index contributed by atoms with van der Waals surface area (Å²) in [6, 6.07) is 0. The predicted molar refractivity (Wildman–Crippen MR) is 60.7 cm³/mol. The van der Waals surface area contributed by atoms with Crippen LogP contribution in [0, 0.1) is 11.3 Å². The van der Waals surface area contributed by atoms with Gasteiger partial charge in [0.25, 0.3) is 0 Å². The first-order valence-corrected chi connectivity index (χ1v) is 6.03. The lowest BCUT2D eigenvalue weighted by atomic mass is 9.73. The molecular formula is C12H21ClO. The summed E-state index contributed by atoms with van der Waals surface area (Å²) in [5, 5.41) is -0.254. The molecule has 0 aromatic rings. The van der Waals surface area contributed by atoms with E-state index in [1.54, 1.807) is 0 Å². The van der Waals surface area contributed by atoms with Crippen molar-refractivity contribution in [2.75, 3.05) is 0 Å². The van der Waals surface area contributed by atoms with Crippen LogP contribution >= 0.6 is 11.6 Å². The first-order valence-electron chi connectivity index (χ1n) is 5.59. The Morgan fingerprint density at radius 1 is 1.21 bits per heavy atom. The topological polar surface area (TPSA) is 17.1 Å². The molecule has 2 atom stereocenters. The average Bonchev–Trinajstić information content (AvgIpc) is 2.04. The van der Waals surface area contributed by atoms with Crippen LogP contribution < -0.4 is 0 Å². The van der Waals surface area contributed by atoms with Crippen LogP contribution in [0.4, 0.5) is 0 Å². The molecule has 1 fully saturated rings. The van der Waals surface area contributed by atoms with Crippen molar-refractivity contribution in [3.8, 4) is 0 Å². The summed E-state index contributed by atoms with van der Waals surface area (Å²) in [6.07, 6.45) is 5.21. The van der Waals surface area contributed by atoms with E-state index >= 15 is 0 Å². The molecule has 0 spiro atoms. The number of Topliss-reactive ketones (excluding diaryl/α,β-unsaturated/α-hetero) is 1. The van der Waals surface area contributed by atoms with Crippen molar-refractivity contribution in [2.24, 2.45) is 11.3 Å². The Kier molecular flexibility index (Phi) is 4.00. The Labute approximate surface area is 92.2 Å². The van der Waals surface area contributed by atoms with E-state index in [0.717, 1.165) is 12.8 Å². The van der Waals surface area contributed by atoms with Gasteiger partial charge in [0.2, 0.25) is 0 Å². The molecule has 14 heavy (non-hydrogen) atoms. The summed E-state index contributed by atoms with van der Waals surface area (Å²) in [5.74, 6) is 0.600. The number of hydrogen-bond acceptors (Lipinski definition) is 1. The SMILES string of the molecule is CC(C)(C)C1CCCCCC(=O)C1Cl. The molecule has 0 aliphatic heterocycles. The van der Waals surface area contributed by atoms with Gasteiger partial charge in [0.05, 0.1) is 5.38 Å². The van der Waals surface area contributed by atoms with Crippen molar-refractivity contribution in [1.29, 1.82) is 0 Å². The molecule has 0 radical (unpaired) electrons. The molecular weight excluding hydrogens is 196 g/mol. The molecule has 1 nitrogen and oxygen atoms in total. The molecule has 0 aromatic carbocycles. The van der Waals surface area contributed by atoms with E-state index in [4.69, 9.17) is 11.6 Å². The molecule has 1 aliphatic carbocycles. The minimum atomic E-state index is -0.254. The van der Waals surface area contributed by atoms with Gasteiger partial charge in [0.15, 0.2) is 5.78 Å². The Bertz CT molecular complexity index is 205. The van der Waals surface area contributed by atoms with Gasteiger partial charge in [-0.25, -0.2) is 0 Å². The van der Waals surface area contributed by atoms with Crippen molar-refractivity contribution in [2.45, 2.75) is 58.3 Å². The standard InChI is InChI=1S/C12H21ClO/c1-12(2,3)9-7-5-4-6-8-10(14)11(9)13/h9,11H,4-8H2,1-3H3. The molecule has 0 heterocycles. The van der Waals surface area contributed by atoms with Crippen LogP contribution in [0.2, 0.25) is 0 Å². The maximum absolute atomic E-state index is 11.7.